The molecule has 0 aromatic carbocycles. The fourth-order valence-corrected chi connectivity index (χ4v) is 4.59. The number of hydrogen-bond donors (Lipinski definition) is 1. The molecule has 1 aliphatic rings. The van der Waals surface area contributed by atoms with Crippen LogP contribution < -0.4 is 5.32 Å². The minimum Gasteiger partial charge on any atom is -0.371 e. The number of hydrogen-bond acceptors (Lipinski definition) is 2. The fourth-order valence-electron chi connectivity index (χ4n) is 4.59. The Labute approximate surface area is 133 Å². The molecule has 0 atom stereocenters. The number of nitrogens with one attached hydrogen (secondary N) is 1. The van der Waals surface area contributed by atoms with Gasteiger partial charge in [-0.2, -0.15) is 0 Å². The quantitative estimate of drug-likeness (QED) is 0.784. The van der Waals surface area contributed by atoms with Crippen LogP contribution in [0.5, 0.6) is 0 Å². The topological polar surface area (TPSA) is 21.3 Å². The molecule has 0 bridgehead atoms. The molecule has 1 N–H and O–H groups in total. The standard InChI is InChI=1S/C19H39NO/c1-15(2,3)21-14-18(8,9)16(4,5)13(20-12)17(6,7)19(14,10)11/h13-14,20H,1-12H3/t13-,14+. The molecule has 0 heterocycles. The first kappa shape index (κ1) is 19.0. The molecule has 1 saturated carbocycles. The monoisotopic (exact) mass is 297 g/mol. The van der Waals surface area contributed by atoms with E-state index in [9.17, 15) is 0 Å². The molecule has 0 aromatic rings. The molecule has 0 saturated heterocycles. The van der Waals surface area contributed by atoms with Crippen LogP contribution in [0.15, 0.2) is 0 Å². The highest BCUT2D eigenvalue weighted by molar-refractivity contribution is 5.16. The van der Waals surface area contributed by atoms with Crippen molar-refractivity contribution in [1.82, 2.24) is 5.32 Å². The summed E-state index contributed by atoms with van der Waals surface area (Å²) in [5.41, 5.74) is 0.297. The molecule has 0 aliphatic heterocycles. The van der Waals surface area contributed by atoms with Crippen molar-refractivity contribution in [2.24, 2.45) is 21.7 Å². The van der Waals surface area contributed by atoms with E-state index in [0.29, 0.717) is 6.04 Å². The minimum atomic E-state index is -0.127. The molecule has 0 unspecified atom stereocenters. The average Bonchev–Trinajstić information content (AvgIpc) is 2.22. The first-order valence-electron chi connectivity index (χ1n) is 8.38. The van der Waals surface area contributed by atoms with Crippen molar-refractivity contribution in [1.29, 1.82) is 0 Å². The first-order valence-corrected chi connectivity index (χ1v) is 8.38. The minimum absolute atomic E-state index is 0.0764. The third-order valence-corrected chi connectivity index (χ3v) is 6.84. The Morgan fingerprint density at radius 3 is 1.29 bits per heavy atom. The second-order valence-corrected chi connectivity index (χ2v) is 10.2. The highest BCUT2D eigenvalue weighted by Gasteiger charge is 2.66. The van der Waals surface area contributed by atoms with Gasteiger partial charge in [0.1, 0.15) is 0 Å². The molecule has 0 radical (unpaired) electrons. The molecule has 0 amide bonds. The van der Waals surface area contributed by atoms with Crippen molar-refractivity contribution in [3.63, 3.8) is 0 Å². The maximum atomic E-state index is 6.65. The van der Waals surface area contributed by atoms with Gasteiger partial charge in [-0.15, -0.1) is 0 Å². The Morgan fingerprint density at radius 1 is 0.714 bits per heavy atom. The molecule has 2 heteroatoms. The van der Waals surface area contributed by atoms with Gasteiger partial charge in [0.25, 0.3) is 0 Å². The summed E-state index contributed by atoms with van der Waals surface area (Å²) in [6, 6.07) is 0.440. The maximum Gasteiger partial charge on any atom is 0.0695 e. The summed E-state index contributed by atoms with van der Waals surface area (Å²) in [5.74, 6) is 0. The Hall–Kier alpha value is -0.0800. The maximum absolute atomic E-state index is 6.65. The zero-order valence-corrected chi connectivity index (χ0v) is 16.6. The summed E-state index contributed by atoms with van der Waals surface area (Å²) in [6.45, 7) is 25.6. The molecule has 2 nitrogen and oxygen atoms in total. The van der Waals surface area contributed by atoms with Crippen LogP contribution in [0.25, 0.3) is 0 Å². The van der Waals surface area contributed by atoms with Gasteiger partial charge in [0.15, 0.2) is 0 Å². The smallest absolute Gasteiger partial charge is 0.0695 e. The highest BCUT2D eigenvalue weighted by atomic mass is 16.5. The number of rotatable bonds is 2. The third-order valence-electron chi connectivity index (χ3n) is 6.84. The van der Waals surface area contributed by atoms with Crippen molar-refractivity contribution in [2.45, 2.75) is 93.9 Å². The summed E-state index contributed by atoms with van der Waals surface area (Å²) in [4.78, 5) is 0. The Kier molecular flexibility index (Phi) is 4.48. The normalized spacial score (nSPS) is 33.7. The Balaban J connectivity index is 3.49. The van der Waals surface area contributed by atoms with Gasteiger partial charge in [0, 0.05) is 6.04 Å². The van der Waals surface area contributed by atoms with Gasteiger partial charge >= 0.3 is 0 Å². The van der Waals surface area contributed by atoms with Crippen LogP contribution in [-0.4, -0.2) is 24.8 Å². The van der Waals surface area contributed by atoms with Gasteiger partial charge in [-0.3, -0.25) is 0 Å². The van der Waals surface area contributed by atoms with Crippen molar-refractivity contribution >= 4 is 0 Å². The SMILES string of the molecule is CN[C@H]1C(C)(C)C(C)(C)[C@@H](OC(C)(C)C)C(C)(C)C1(C)C. The summed E-state index contributed by atoms with van der Waals surface area (Å²) in [6.07, 6.45) is 0.208. The Bertz CT molecular complexity index is 357. The van der Waals surface area contributed by atoms with E-state index in [1.807, 2.05) is 0 Å². The highest BCUT2D eigenvalue weighted by Crippen LogP contribution is 2.64. The summed E-state index contributed by atoms with van der Waals surface area (Å²) in [7, 11) is 2.10. The molecule has 0 aromatic heterocycles. The van der Waals surface area contributed by atoms with Crippen molar-refractivity contribution in [3.8, 4) is 0 Å². The average molecular weight is 298 g/mol. The van der Waals surface area contributed by atoms with E-state index in [1.54, 1.807) is 0 Å². The van der Waals surface area contributed by atoms with E-state index in [2.05, 4.69) is 88.5 Å². The Morgan fingerprint density at radius 2 is 1.05 bits per heavy atom. The van der Waals surface area contributed by atoms with E-state index in [0.717, 1.165) is 0 Å². The van der Waals surface area contributed by atoms with E-state index in [1.165, 1.54) is 0 Å². The fraction of sp³-hybridized carbons (Fsp3) is 1.00. The molecular formula is C19H39NO. The molecule has 1 fully saturated rings. The molecule has 1 rings (SSSR count). The van der Waals surface area contributed by atoms with Crippen molar-refractivity contribution in [2.75, 3.05) is 7.05 Å². The van der Waals surface area contributed by atoms with Crippen LogP contribution in [0.1, 0.15) is 76.2 Å². The molecule has 21 heavy (non-hydrogen) atoms. The van der Waals surface area contributed by atoms with Crippen LogP contribution in [0.3, 0.4) is 0 Å². The summed E-state index contributed by atoms with van der Waals surface area (Å²) in [5, 5.41) is 3.62. The lowest BCUT2D eigenvalue weighted by molar-refractivity contribution is -0.261. The van der Waals surface area contributed by atoms with E-state index in [-0.39, 0.29) is 33.4 Å². The van der Waals surface area contributed by atoms with Gasteiger partial charge in [0.05, 0.1) is 11.7 Å². The summed E-state index contributed by atoms with van der Waals surface area (Å²) >= 11 is 0. The van der Waals surface area contributed by atoms with Gasteiger partial charge in [-0.25, -0.2) is 0 Å². The van der Waals surface area contributed by atoms with Crippen LogP contribution in [0.4, 0.5) is 0 Å². The summed E-state index contributed by atoms with van der Waals surface area (Å²) < 4.78 is 6.65. The van der Waals surface area contributed by atoms with E-state index in [4.69, 9.17) is 4.74 Å². The van der Waals surface area contributed by atoms with Gasteiger partial charge in [-0.05, 0) is 49.5 Å². The van der Waals surface area contributed by atoms with Crippen LogP contribution >= 0.6 is 0 Å². The lowest BCUT2D eigenvalue weighted by Gasteiger charge is -2.68. The van der Waals surface area contributed by atoms with E-state index >= 15 is 0 Å². The third kappa shape index (κ3) is 2.67. The second-order valence-electron chi connectivity index (χ2n) is 10.2. The van der Waals surface area contributed by atoms with Gasteiger partial charge in [0.2, 0.25) is 0 Å². The molecule has 126 valence electrons. The van der Waals surface area contributed by atoms with Crippen LogP contribution in [-0.2, 0) is 4.74 Å². The first-order chi connectivity index (χ1) is 9.03. The van der Waals surface area contributed by atoms with Crippen LogP contribution in [0.2, 0.25) is 0 Å². The van der Waals surface area contributed by atoms with Crippen LogP contribution in [0, 0.1) is 21.7 Å². The predicted octanol–water partition coefficient (Wildman–Crippen LogP) is 4.88. The van der Waals surface area contributed by atoms with Gasteiger partial charge in [-0.1, -0.05) is 55.4 Å². The zero-order chi connectivity index (χ0) is 17.1. The van der Waals surface area contributed by atoms with Gasteiger partial charge < -0.3 is 10.1 Å². The lowest BCUT2D eigenvalue weighted by Crippen LogP contribution is -2.72. The lowest BCUT2D eigenvalue weighted by atomic mass is 9.41. The predicted molar refractivity (Wildman–Crippen MR) is 92.6 cm³/mol. The van der Waals surface area contributed by atoms with Crippen molar-refractivity contribution < 1.29 is 4.74 Å². The van der Waals surface area contributed by atoms with Crippen molar-refractivity contribution in [3.05, 3.63) is 0 Å². The number of ether oxygens (including phenoxy) is 1. The van der Waals surface area contributed by atoms with E-state index < -0.39 is 0 Å². The second kappa shape index (κ2) is 4.96. The zero-order valence-electron chi connectivity index (χ0n) is 16.6. The molecule has 1 aliphatic carbocycles. The molecule has 0 spiro atoms. The molecular weight excluding hydrogens is 258 g/mol. The largest absolute Gasteiger partial charge is 0.371 e.